The number of carbonyl (C=O) groups is 1. The number of amidine groups is 1. The van der Waals surface area contributed by atoms with Crippen LogP contribution in [0.15, 0.2) is 35.7 Å². The van der Waals surface area contributed by atoms with Gasteiger partial charge in [0.25, 0.3) is 0 Å². The van der Waals surface area contributed by atoms with Crippen LogP contribution in [0.3, 0.4) is 0 Å². The van der Waals surface area contributed by atoms with Gasteiger partial charge < -0.3 is 25.3 Å². The second-order valence-corrected chi connectivity index (χ2v) is 7.47. The predicted octanol–water partition coefficient (Wildman–Crippen LogP) is 2.01. The summed E-state index contributed by atoms with van der Waals surface area (Å²) in [7, 11) is 0. The molecule has 2 aromatic rings. The average molecular weight is 458 g/mol. The minimum Gasteiger partial charge on any atom is -0.460 e. The average Bonchev–Trinajstić information content (AvgIpc) is 2.81. The van der Waals surface area contributed by atoms with Crippen LogP contribution in [-0.2, 0) is 21.0 Å². The van der Waals surface area contributed by atoms with E-state index in [1.54, 1.807) is 24.5 Å². The number of carbonyl (C=O) groups excluding carboxylic acids is 1. The molecule has 1 aliphatic rings. The number of aliphatic hydroxyl groups excluding tert-OH is 1. The molecule has 0 spiro atoms. The number of rotatable bonds is 10. The largest absolute Gasteiger partial charge is 0.460 e. The third-order valence-electron chi connectivity index (χ3n) is 4.96. The molecule has 3 rings (SSSR count). The third-order valence-corrected chi connectivity index (χ3v) is 4.96. The zero-order valence-corrected chi connectivity index (χ0v) is 18.2. The van der Waals surface area contributed by atoms with Crippen LogP contribution in [0.5, 0.6) is 0 Å². The fourth-order valence-corrected chi connectivity index (χ4v) is 3.22. The maximum Gasteiger partial charge on any atom is 0.313 e. The maximum absolute atomic E-state index is 15.0. The first-order valence-electron chi connectivity index (χ1n) is 10.6. The topological polar surface area (TPSA) is 147 Å². The molecule has 1 saturated heterocycles. The van der Waals surface area contributed by atoms with Crippen molar-refractivity contribution >= 4 is 23.5 Å². The second kappa shape index (κ2) is 11.9. The Labute approximate surface area is 190 Å². The molecule has 1 aliphatic heterocycles. The maximum atomic E-state index is 15.0. The summed E-state index contributed by atoms with van der Waals surface area (Å²) in [5.41, 5.74) is 7.14. The van der Waals surface area contributed by atoms with Gasteiger partial charge in [-0.05, 0) is 0 Å². The Bertz CT molecular complexity index is 989. The van der Waals surface area contributed by atoms with Crippen molar-refractivity contribution in [2.75, 3.05) is 31.2 Å². The van der Waals surface area contributed by atoms with Gasteiger partial charge >= 0.3 is 5.97 Å². The molecule has 0 aliphatic carbocycles. The summed E-state index contributed by atoms with van der Waals surface area (Å²) < 4.78 is 19.9. The summed E-state index contributed by atoms with van der Waals surface area (Å²) in [5.74, 6) is -0.972. The van der Waals surface area contributed by atoms with Crippen molar-refractivity contribution in [3.8, 4) is 11.1 Å². The van der Waals surface area contributed by atoms with Gasteiger partial charge in [-0.25, -0.2) is 14.4 Å². The molecular formula is C22H27FN6O4. The highest BCUT2D eigenvalue weighted by atomic mass is 19.1. The van der Waals surface area contributed by atoms with Crippen molar-refractivity contribution in [1.82, 2.24) is 9.97 Å². The van der Waals surface area contributed by atoms with Crippen LogP contribution in [-0.4, -0.2) is 58.9 Å². The van der Waals surface area contributed by atoms with E-state index in [0.717, 1.165) is 18.6 Å². The van der Waals surface area contributed by atoms with Crippen LogP contribution >= 0.6 is 0 Å². The first-order valence-corrected chi connectivity index (χ1v) is 10.6. The smallest absolute Gasteiger partial charge is 0.313 e. The van der Waals surface area contributed by atoms with Gasteiger partial charge in [0.1, 0.15) is 31.3 Å². The van der Waals surface area contributed by atoms with Gasteiger partial charge in [-0.1, -0.05) is 23.4 Å². The number of aliphatic hydroxyl groups is 1. The Morgan fingerprint density at radius 2 is 2.00 bits per heavy atom. The number of esters is 1. The van der Waals surface area contributed by atoms with Crippen molar-refractivity contribution in [3.63, 3.8) is 0 Å². The molecule has 0 atom stereocenters. The molecule has 1 fully saturated rings. The fourth-order valence-electron chi connectivity index (χ4n) is 3.22. The van der Waals surface area contributed by atoms with Crippen LogP contribution < -0.4 is 10.6 Å². The first kappa shape index (κ1) is 24.1. The molecule has 4 N–H and O–H groups in total. The highest BCUT2D eigenvalue weighted by Gasteiger charge is 2.19. The SMILES string of the molecule is N=C(N)CC(=O)OCc1cccc(-c2cnc(N3CCC(=NOCCCO)CC3)nc2)c1F. The summed E-state index contributed by atoms with van der Waals surface area (Å²) in [6.07, 6.45) is 4.79. The number of hydrogen-bond acceptors (Lipinski definition) is 9. The van der Waals surface area contributed by atoms with E-state index >= 15 is 0 Å². The minimum atomic E-state index is -0.688. The zero-order valence-electron chi connectivity index (χ0n) is 18.2. The molecule has 0 bridgehead atoms. The van der Waals surface area contributed by atoms with E-state index in [4.69, 9.17) is 25.8 Å². The van der Waals surface area contributed by atoms with Gasteiger partial charge in [0.2, 0.25) is 5.95 Å². The summed E-state index contributed by atoms with van der Waals surface area (Å²) >= 11 is 0. The molecule has 10 nitrogen and oxygen atoms in total. The van der Waals surface area contributed by atoms with E-state index in [-0.39, 0.29) is 31.0 Å². The number of nitrogens with zero attached hydrogens (tertiary/aromatic N) is 4. The molecule has 0 unspecified atom stereocenters. The number of hydrogen-bond donors (Lipinski definition) is 3. The van der Waals surface area contributed by atoms with E-state index in [9.17, 15) is 9.18 Å². The van der Waals surface area contributed by atoms with Crippen LogP contribution in [0, 0.1) is 11.2 Å². The lowest BCUT2D eigenvalue weighted by atomic mass is 10.0. The first-order chi connectivity index (χ1) is 16.0. The van der Waals surface area contributed by atoms with E-state index in [0.29, 0.717) is 43.2 Å². The standard InChI is InChI=1S/C22H27FN6O4/c23-21-15(14-32-20(31)11-19(24)25)3-1-4-18(21)16-12-26-22(27-13-16)29-7-5-17(6-8-29)28-33-10-2-9-30/h1,3-4,12-13,30H,2,5-11,14H2,(H3,24,25). The van der Waals surface area contributed by atoms with E-state index in [1.807, 2.05) is 4.90 Å². The fraction of sp³-hybridized carbons (Fsp3) is 0.409. The Hall–Kier alpha value is -3.60. The molecule has 33 heavy (non-hydrogen) atoms. The van der Waals surface area contributed by atoms with Gasteiger partial charge in [0.15, 0.2) is 0 Å². The minimum absolute atomic E-state index is 0.0781. The Kier molecular flexibility index (Phi) is 8.64. The van der Waals surface area contributed by atoms with Crippen LogP contribution in [0.1, 0.15) is 31.2 Å². The number of piperidine rings is 1. The van der Waals surface area contributed by atoms with Crippen LogP contribution in [0.4, 0.5) is 10.3 Å². The highest BCUT2D eigenvalue weighted by Crippen LogP contribution is 2.26. The Balaban J connectivity index is 1.60. The number of aromatic nitrogens is 2. The second-order valence-electron chi connectivity index (χ2n) is 7.47. The monoisotopic (exact) mass is 458 g/mol. The zero-order chi connectivity index (χ0) is 23.6. The normalized spacial score (nSPS) is 13.5. The lowest BCUT2D eigenvalue weighted by Gasteiger charge is -2.27. The number of halogens is 1. The quantitative estimate of drug-likeness (QED) is 0.161. The van der Waals surface area contributed by atoms with Gasteiger partial charge in [0, 0.05) is 68.0 Å². The van der Waals surface area contributed by atoms with Gasteiger partial charge in [-0.3, -0.25) is 10.2 Å². The lowest BCUT2D eigenvalue weighted by molar-refractivity contribution is -0.143. The van der Waals surface area contributed by atoms with Crippen molar-refractivity contribution in [3.05, 3.63) is 42.0 Å². The van der Waals surface area contributed by atoms with E-state index in [2.05, 4.69) is 15.1 Å². The molecule has 1 aromatic heterocycles. The van der Waals surface area contributed by atoms with Crippen molar-refractivity contribution in [1.29, 1.82) is 5.41 Å². The molecule has 0 radical (unpaired) electrons. The molecule has 11 heteroatoms. The summed E-state index contributed by atoms with van der Waals surface area (Å²) in [6, 6.07) is 4.79. The van der Waals surface area contributed by atoms with Gasteiger partial charge in [-0.2, -0.15) is 0 Å². The third kappa shape index (κ3) is 6.94. The molecule has 0 amide bonds. The predicted molar refractivity (Wildman–Crippen MR) is 120 cm³/mol. The summed E-state index contributed by atoms with van der Waals surface area (Å²) in [6.45, 7) is 1.60. The number of benzene rings is 1. The Morgan fingerprint density at radius 3 is 2.67 bits per heavy atom. The number of ether oxygens (including phenoxy) is 1. The van der Waals surface area contributed by atoms with Crippen LogP contribution in [0.2, 0.25) is 0 Å². The van der Waals surface area contributed by atoms with Gasteiger partial charge in [0.05, 0.1) is 5.71 Å². The van der Waals surface area contributed by atoms with Crippen molar-refractivity contribution < 1.29 is 23.9 Å². The van der Waals surface area contributed by atoms with E-state index in [1.165, 1.54) is 6.07 Å². The molecule has 1 aromatic carbocycles. The molecular weight excluding hydrogens is 431 g/mol. The highest BCUT2D eigenvalue weighted by molar-refractivity contribution is 5.94. The lowest BCUT2D eigenvalue weighted by Crippen LogP contribution is -2.35. The van der Waals surface area contributed by atoms with Gasteiger partial charge in [-0.15, -0.1) is 0 Å². The molecule has 2 heterocycles. The molecule has 176 valence electrons. The van der Waals surface area contributed by atoms with Crippen LogP contribution in [0.25, 0.3) is 11.1 Å². The molecule has 0 saturated carbocycles. The summed E-state index contributed by atoms with van der Waals surface area (Å²) in [4.78, 5) is 27.6. The number of nitrogens with one attached hydrogen (secondary N) is 1. The number of nitrogens with two attached hydrogens (primary N) is 1. The Morgan fingerprint density at radius 1 is 1.27 bits per heavy atom. The number of oxime groups is 1. The van der Waals surface area contributed by atoms with Crippen molar-refractivity contribution in [2.24, 2.45) is 10.9 Å². The number of anilines is 1. The van der Waals surface area contributed by atoms with E-state index < -0.39 is 11.8 Å². The summed E-state index contributed by atoms with van der Waals surface area (Å²) in [5, 5.41) is 20.0. The van der Waals surface area contributed by atoms with Crippen molar-refractivity contribution in [2.45, 2.75) is 32.3 Å².